The highest BCUT2D eigenvalue weighted by molar-refractivity contribution is 7.84. The van der Waals surface area contributed by atoms with Crippen LogP contribution in [0.3, 0.4) is 0 Å². The molecule has 2 aromatic carbocycles. The second-order valence-corrected chi connectivity index (χ2v) is 7.29. The second-order valence-electron chi connectivity index (χ2n) is 5.95. The van der Waals surface area contributed by atoms with Crippen molar-refractivity contribution in [3.63, 3.8) is 0 Å². The first-order valence-corrected chi connectivity index (χ1v) is 9.87. The summed E-state index contributed by atoms with van der Waals surface area (Å²) in [5, 5.41) is 2.58. The minimum Gasteiger partial charge on any atom is -0.452 e. The van der Waals surface area contributed by atoms with Crippen LogP contribution in [-0.2, 0) is 31.5 Å². The van der Waals surface area contributed by atoms with Crippen LogP contribution in [0, 0.1) is 0 Å². The summed E-state index contributed by atoms with van der Waals surface area (Å²) in [6.45, 7) is 0.870. The van der Waals surface area contributed by atoms with Crippen LogP contribution in [0.4, 0.5) is 0 Å². The summed E-state index contributed by atoms with van der Waals surface area (Å²) in [5.41, 5.74) is 1.06. The molecule has 0 fully saturated rings. The molecule has 0 aromatic heterocycles. The molecule has 6 nitrogen and oxygen atoms in total. The summed E-state index contributed by atoms with van der Waals surface area (Å²) < 4.78 is 16.7. The molecule has 0 saturated heterocycles. The minimum absolute atomic E-state index is 0.151. The van der Waals surface area contributed by atoms with Crippen LogP contribution in [0.15, 0.2) is 59.5 Å². The van der Waals surface area contributed by atoms with Gasteiger partial charge < -0.3 is 10.1 Å². The number of amides is 1. The molecule has 1 N–H and O–H groups in total. The van der Waals surface area contributed by atoms with Gasteiger partial charge in [0, 0.05) is 6.26 Å². The van der Waals surface area contributed by atoms with E-state index in [0.717, 1.165) is 5.56 Å². The quantitative estimate of drug-likeness (QED) is 0.699. The Morgan fingerprint density at radius 1 is 1.04 bits per heavy atom. The van der Waals surface area contributed by atoms with Crippen molar-refractivity contribution in [3.05, 3.63) is 65.7 Å². The van der Waals surface area contributed by atoms with Crippen LogP contribution in [0.1, 0.15) is 22.8 Å². The number of esters is 1. The van der Waals surface area contributed by atoms with Gasteiger partial charge in [0.05, 0.1) is 27.3 Å². The van der Waals surface area contributed by atoms with Crippen molar-refractivity contribution < 1.29 is 23.3 Å². The summed E-state index contributed by atoms with van der Waals surface area (Å²) >= 11 is 0. The van der Waals surface area contributed by atoms with Crippen molar-refractivity contribution in [2.75, 3.05) is 12.9 Å². The van der Waals surface area contributed by atoms with Crippen molar-refractivity contribution in [1.29, 1.82) is 0 Å². The van der Waals surface area contributed by atoms with Crippen molar-refractivity contribution in [2.24, 2.45) is 0 Å². The van der Waals surface area contributed by atoms with E-state index in [1.54, 1.807) is 18.2 Å². The van der Waals surface area contributed by atoms with E-state index in [4.69, 9.17) is 4.74 Å². The molecule has 0 heterocycles. The molecule has 0 radical (unpaired) electrons. The average Bonchev–Trinajstić information content (AvgIpc) is 2.66. The van der Waals surface area contributed by atoms with E-state index in [1.165, 1.54) is 19.2 Å². The highest BCUT2D eigenvalue weighted by atomic mass is 32.2. The number of Topliss-reactive ketones (excluding diaryl/α,β-unsaturated/α-hetero) is 1. The molecular weight excluding hydrogens is 366 g/mol. The third kappa shape index (κ3) is 6.14. The van der Waals surface area contributed by atoms with Gasteiger partial charge >= 0.3 is 5.97 Å². The molecule has 0 unspecified atom stereocenters. The third-order valence-electron chi connectivity index (χ3n) is 3.86. The topological polar surface area (TPSA) is 89.5 Å². The maximum absolute atomic E-state index is 12.2. The second kappa shape index (κ2) is 9.78. The van der Waals surface area contributed by atoms with Gasteiger partial charge in [-0.1, -0.05) is 42.5 Å². The van der Waals surface area contributed by atoms with E-state index in [2.05, 4.69) is 5.32 Å². The van der Waals surface area contributed by atoms with E-state index >= 15 is 0 Å². The number of ether oxygens (including phenoxy) is 1. The van der Waals surface area contributed by atoms with Crippen molar-refractivity contribution in [2.45, 2.75) is 24.3 Å². The zero-order valence-corrected chi connectivity index (χ0v) is 16.0. The number of rotatable bonds is 8. The lowest BCUT2D eigenvalue weighted by Crippen LogP contribution is -2.43. The Morgan fingerprint density at radius 3 is 2.30 bits per heavy atom. The number of ketones is 1. The number of carbonyl (C=O) groups is 3. The Bertz CT molecular complexity index is 850. The number of carbonyl (C=O) groups excluding carboxylic acids is 3. The monoisotopic (exact) mass is 387 g/mol. The summed E-state index contributed by atoms with van der Waals surface area (Å²) in [6.07, 6.45) is 1.81. The molecule has 0 bridgehead atoms. The predicted molar refractivity (Wildman–Crippen MR) is 102 cm³/mol. The molecular formula is C20H21NO5S. The third-order valence-corrected chi connectivity index (χ3v) is 4.83. The van der Waals surface area contributed by atoms with Gasteiger partial charge in [0.25, 0.3) is 5.91 Å². The molecule has 0 saturated carbocycles. The first-order chi connectivity index (χ1) is 12.9. The normalized spacial score (nSPS) is 12.7. The lowest BCUT2D eigenvalue weighted by atomic mass is 10.0. The van der Waals surface area contributed by atoms with E-state index in [1.807, 2.05) is 30.3 Å². The first-order valence-electron chi connectivity index (χ1n) is 8.31. The van der Waals surface area contributed by atoms with E-state index in [0.29, 0.717) is 11.3 Å². The smallest absolute Gasteiger partial charge is 0.339 e. The largest absolute Gasteiger partial charge is 0.452 e. The number of hydrogen-bond donors (Lipinski definition) is 1. The fourth-order valence-corrected chi connectivity index (χ4v) is 3.21. The Labute approximate surface area is 160 Å². The van der Waals surface area contributed by atoms with Gasteiger partial charge in [-0.05, 0) is 31.0 Å². The average molecular weight is 387 g/mol. The molecule has 27 heavy (non-hydrogen) atoms. The van der Waals surface area contributed by atoms with Crippen LogP contribution in [0.5, 0.6) is 0 Å². The summed E-state index contributed by atoms with van der Waals surface area (Å²) in [7, 11) is -1.36. The Balaban J connectivity index is 1.95. The van der Waals surface area contributed by atoms with Gasteiger partial charge in [0.2, 0.25) is 0 Å². The van der Waals surface area contributed by atoms with E-state index in [9.17, 15) is 18.6 Å². The Kier molecular flexibility index (Phi) is 7.43. The summed E-state index contributed by atoms with van der Waals surface area (Å²) in [5.74, 6) is -1.50. The van der Waals surface area contributed by atoms with Gasteiger partial charge in [-0.25, -0.2) is 4.79 Å². The maximum Gasteiger partial charge on any atom is 0.339 e. The lowest BCUT2D eigenvalue weighted by Gasteiger charge is -2.16. The summed E-state index contributed by atoms with van der Waals surface area (Å²) in [6, 6.07) is 15.0. The molecule has 2 rings (SSSR count). The van der Waals surface area contributed by atoms with E-state index in [-0.39, 0.29) is 11.3 Å². The molecule has 0 aliphatic heterocycles. The lowest BCUT2D eigenvalue weighted by molar-refractivity contribution is -0.128. The predicted octanol–water partition coefficient (Wildman–Crippen LogP) is 1.90. The van der Waals surface area contributed by atoms with Crippen molar-refractivity contribution in [3.8, 4) is 0 Å². The van der Waals surface area contributed by atoms with Crippen LogP contribution in [0.2, 0.25) is 0 Å². The molecule has 2 atom stereocenters. The summed E-state index contributed by atoms with van der Waals surface area (Å²) in [4.78, 5) is 36.4. The Morgan fingerprint density at radius 2 is 1.67 bits per heavy atom. The van der Waals surface area contributed by atoms with Crippen molar-refractivity contribution >= 4 is 28.5 Å². The van der Waals surface area contributed by atoms with Gasteiger partial charge in [-0.15, -0.1) is 0 Å². The van der Waals surface area contributed by atoms with Crippen LogP contribution < -0.4 is 5.32 Å². The standard InChI is InChI=1S/C20H21NO5S/c1-14(22)17(12-15-8-4-3-5-9-15)21-19(23)13-26-20(24)16-10-6-7-11-18(16)27(2)25/h3-11,17H,12-13H2,1-2H3,(H,21,23)/t17-,27-/m1/s1. The van der Waals surface area contributed by atoms with Gasteiger partial charge in [0.15, 0.2) is 12.4 Å². The Hall–Kier alpha value is -2.80. The zero-order chi connectivity index (χ0) is 19.8. The minimum atomic E-state index is -1.36. The zero-order valence-electron chi connectivity index (χ0n) is 15.1. The number of benzene rings is 2. The van der Waals surface area contributed by atoms with Gasteiger partial charge in [-0.2, -0.15) is 0 Å². The highest BCUT2D eigenvalue weighted by Crippen LogP contribution is 2.13. The fraction of sp³-hybridized carbons (Fsp3) is 0.250. The van der Waals surface area contributed by atoms with E-state index < -0.39 is 35.3 Å². The molecule has 0 aliphatic carbocycles. The van der Waals surface area contributed by atoms with Crippen molar-refractivity contribution in [1.82, 2.24) is 5.32 Å². The first kappa shape index (κ1) is 20.5. The molecule has 0 spiro atoms. The molecule has 142 valence electrons. The van der Waals surface area contributed by atoms with Gasteiger partial charge in [0.1, 0.15) is 0 Å². The van der Waals surface area contributed by atoms with Gasteiger partial charge in [-0.3, -0.25) is 13.8 Å². The fourth-order valence-electron chi connectivity index (χ4n) is 2.48. The number of hydrogen-bond acceptors (Lipinski definition) is 5. The van der Waals surface area contributed by atoms with Crippen LogP contribution in [-0.4, -0.2) is 40.8 Å². The SMILES string of the molecule is CC(=O)[C@@H](Cc1ccccc1)NC(=O)COC(=O)c1ccccc1[S@@](C)=O. The highest BCUT2D eigenvalue weighted by Gasteiger charge is 2.20. The van der Waals surface area contributed by atoms with Crippen LogP contribution >= 0.6 is 0 Å². The molecule has 2 aromatic rings. The maximum atomic E-state index is 12.2. The number of nitrogens with one attached hydrogen (secondary N) is 1. The van der Waals surface area contributed by atoms with Crippen LogP contribution in [0.25, 0.3) is 0 Å². The molecule has 7 heteroatoms. The molecule has 0 aliphatic rings. The molecule has 1 amide bonds.